The molecule has 6 heteroatoms. The summed E-state index contributed by atoms with van der Waals surface area (Å²) < 4.78 is 0. The van der Waals surface area contributed by atoms with Gasteiger partial charge in [-0.3, -0.25) is 14.4 Å². The van der Waals surface area contributed by atoms with Gasteiger partial charge in [-0.1, -0.05) is 0 Å². The molecule has 0 aliphatic carbocycles. The number of H-pyrrole nitrogens is 1. The molecule has 0 unspecified atom stereocenters. The van der Waals surface area contributed by atoms with Crippen molar-refractivity contribution in [2.24, 2.45) is 0 Å². The number of hydrogen-bond acceptors (Lipinski definition) is 3. The molecule has 0 saturated heterocycles. The lowest BCUT2D eigenvalue weighted by molar-refractivity contribution is -0.136. The van der Waals surface area contributed by atoms with Crippen LogP contribution in [0.1, 0.15) is 22.5 Å². The average molecular weight is 224 g/mol. The van der Waals surface area contributed by atoms with E-state index in [1.54, 1.807) is 6.92 Å². The molecule has 16 heavy (non-hydrogen) atoms. The fraction of sp³-hybridized carbons (Fsp3) is 0.300. The summed E-state index contributed by atoms with van der Waals surface area (Å²) in [7, 11) is 0. The maximum Gasteiger partial charge on any atom is 0.305 e. The number of rotatable bonds is 4. The number of carbonyl (C=O) groups is 2. The van der Waals surface area contributed by atoms with Gasteiger partial charge in [-0.05, 0) is 6.92 Å². The van der Waals surface area contributed by atoms with Crippen LogP contribution in [0.5, 0.6) is 0 Å². The number of aromatic amines is 1. The number of aryl methyl sites for hydroxylation is 1. The highest BCUT2D eigenvalue weighted by Gasteiger charge is 2.09. The molecule has 0 radical (unpaired) electrons. The molecule has 1 heterocycles. The zero-order chi connectivity index (χ0) is 12.1. The van der Waals surface area contributed by atoms with E-state index in [0.717, 1.165) is 0 Å². The van der Waals surface area contributed by atoms with Gasteiger partial charge in [0.05, 0.1) is 6.42 Å². The number of amides is 1. The minimum Gasteiger partial charge on any atom is -0.481 e. The molecule has 1 amide bonds. The second-order valence-electron chi connectivity index (χ2n) is 3.29. The Morgan fingerprint density at radius 3 is 2.75 bits per heavy atom. The Hall–Kier alpha value is -2.11. The summed E-state index contributed by atoms with van der Waals surface area (Å²) in [4.78, 5) is 35.8. The molecule has 6 nitrogen and oxygen atoms in total. The van der Waals surface area contributed by atoms with Crippen molar-refractivity contribution >= 4 is 11.9 Å². The summed E-state index contributed by atoms with van der Waals surface area (Å²) in [5.74, 6) is -1.57. The summed E-state index contributed by atoms with van der Waals surface area (Å²) in [6.45, 7) is 1.70. The molecule has 3 N–H and O–H groups in total. The molecule has 0 atom stereocenters. The summed E-state index contributed by atoms with van der Waals surface area (Å²) in [5, 5.41) is 10.7. The van der Waals surface area contributed by atoms with Gasteiger partial charge in [0.25, 0.3) is 5.91 Å². The molecular formula is C10H12N2O4. The van der Waals surface area contributed by atoms with Crippen molar-refractivity contribution in [2.75, 3.05) is 6.54 Å². The lowest BCUT2D eigenvalue weighted by Crippen LogP contribution is -2.30. The summed E-state index contributed by atoms with van der Waals surface area (Å²) >= 11 is 0. The third kappa shape index (κ3) is 3.23. The Bertz CT molecular complexity index is 464. The van der Waals surface area contributed by atoms with Crippen LogP contribution < -0.4 is 10.7 Å². The zero-order valence-corrected chi connectivity index (χ0v) is 8.74. The minimum atomic E-state index is -1.00. The minimum absolute atomic E-state index is 0.00147. The highest BCUT2D eigenvalue weighted by Crippen LogP contribution is 1.92. The second-order valence-corrected chi connectivity index (χ2v) is 3.29. The van der Waals surface area contributed by atoms with Crippen molar-refractivity contribution in [3.05, 3.63) is 33.7 Å². The van der Waals surface area contributed by atoms with E-state index < -0.39 is 11.9 Å². The van der Waals surface area contributed by atoms with Crippen LogP contribution in [-0.4, -0.2) is 28.5 Å². The molecule has 0 bridgehead atoms. The van der Waals surface area contributed by atoms with E-state index in [-0.39, 0.29) is 24.0 Å². The van der Waals surface area contributed by atoms with Crippen LogP contribution in [0.4, 0.5) is 0 Å². The number of pyridine rings is 1. The number of carboxylic acid groups (broad SMARTS) is 1. The van der Waals surface area contributed by atoms with Crippen LogP contribution >= 0.6 is 0 Å². The van der Waals surface area contributed by atoms with Gasteiger partial charge in [-0.15, -0.1) is 0 Å². The van der Waals surface area contributed by atoms with E-state index in [9.17, 15) is 14.4 Å². The van der Waals surface area contributed by atoms with Crippen molar-refractivity contribution < 1.29 is 14.7 Å². The predicted molar refractivity (Wildman–Crippen MR) is 56.4 cm³/mol. The number of aliphatic carboxylic acids is 1. The summed E-state index contributed by atoms with van der Waals surface area (Å²) in [6.07, 6.45) is 1.14. The molecule has 0 fully saturated rings. The molecule has 0 aromatic carbocycles. The maximum atomic E-state index is 11.4. The fourth-order valence-electron chi connectivity index (χ4n) is 1.13. The number of aromatic nitrogens is 1. The van der Waals surface area contributed by atoms with Gasteiger partial charge in [0.15, 0.2) is 5.43 Å². The molecule has 0 aliphatic rings. The van der Waals surface area contributed by atoms with E-state index in [1.807, 2.05) is 0 Å². The fourth-order valence-corrected chi connectivity index (χ4v) is 1.13. The number of carbonyl (C=O) groups excluding carboxylic acids is 1. The molecule has 86 valence electrons. The van der Waals surface area contributed by atoms with E-state index in [4.69, 9.17) is 5.11 Å². The number of carboxylic acids is 1. The number of nitrogens with one attached hydrogen (secondary N) is 2. The summed E-state index contributed by atoms with van der Waals surface area (Å²) in [6, 6.07) is 1.31. The number of hydrogen-bond donors (Lipinski definition) is 3. The standard InChI is InChI=1S/C10H12N2O4/c1-6-4-8(13)7(5-12-6)10(16)11-3-2-9(14)15/h4-5H,2-3H2,1H3,(H,11,16)(H,12,13)(H,14,15). The molecule has 1 rings (SSSR count). The van der Waals surface area contributed by atoms with E-state index in [0.29, 0.717) is 5.69 Å². The van der Waals surface area contributed by atoms with Crippen molar-refractivity contribution in [3.63, 3.8) is 0 Å². The Balaban J connectivity index is 2.66. The maximum absolute atomic E-state index is 11.4. The molecule has 0 aliphatic heterocycles. The Labute approximate surface area is 91.3 Å². The molecular weight excluding hydrogens is 212 g/mol. The van der Waals surface area contributed by atoms with Crippen molar-refractivity contribution in [1.29, 1.82) is 0 Å². The lowest BCUT2D eigenvalue weighted by Gasteiger charge is -2.02. The molecule has 0 saturated carbocycles. The quantitative estimate of drug-likeness (QED) is 0.664. The zero-order valence-electron chi connectivity index (χ0n) is 8.74. The first-order valence-electron chi connectivity index (χ1n) is 4.70. The van der Waals surface area contributed by atoms with E-state index in [2.05, 4.69) is 10.3 Å². The first kappa shape index (κ1) is 12.0. The van der Waals surface area contributed by atoms with Crippen LogP contribution in [-0.2, 0) is 4.79 Å². The van der Waals surface area contributed by atoms with Crippen molar-refractivity contribution in [1.82, 2.24) is 10.3 Å². The SMILES string of the molecule is Cc1cc(=O)c(C(=O)NCCC(=O)O)c[nH]1. The highest BCUT2D eigenvalue weighted by molar-refractivity contribution is 5.93. The van der Waals surface area contributed by atoms with Crippen LogP contribution in [0, 0.1) is 6.92 Å². The highest BCUT2D eigenvalue weighted by atomic mass is 16.4. The first-order chi connectivity index (χ1) is 7.50. The topological polar surface area (TPSA) is 99.3 Å². The first-order valence-corrected chi connectivity index (χ1v) is 4.70. The van der Waals surface area contributed by atoms with Gasteiger partial charge in [0.2, 0.25) is 0 Å². The predicted octanol–water partition coefficient (Wildman–Crippen LogP) is -0.112. The Morgan fingerprint density at radius 1 is 1.50 bits per heavy atom. The third-order valence-corrected chi connectivity index (χ3v) is 1.93. The monoisotopic (exact) mass is 224 g/mol. The van der Waals surface area contributed by atoms with Gasteiger partial charge < -0.3 is 15.4 Å². The Kier molecular flexibility index (Phi) is 3.82. The van der Waals surface area contributed by atoms with E-state index >= 15 is 0 Å². The lowest BCUT2D eigenvalue weighted by atomic mass is 10.2. The second kappa shape index (κ2) is 5.11. The van der Waals surface area contributed by atoms with Gasteiger partial charge in [-0.2, -0.15) is 0 Å². The smallest absolute Gasteiger partial charge is 0.305 e. The normalized spacial score (nSPS) is 9.81. The van der Waals surface area contributed by atoms with Crippen molar-refractivity contribution in [3.8, 4) is 0 Å². The summed E-state index contributed by atoms with van der Waals surface area (Å²) in [5.41, 5.74) is 0.257. The largest absolute Gasteiger partial charge is 0.481 e. The van der Waals surface area contributed by atoms with Crippen molar-refractivity contribution in [2.45, 2.75) is 13.3 Å². The third-order valence-electron chi connectivity index (χ3n) is 1.93. The van der Waals surface area contributed by atoms with Gasteiger partial charge in [-0.25, -0.2) is 0 Å². The van der Waals surface area contributed by atoms with Gasteiger partial charge in [0, 0.05) is 24.5 Å². The van der Waals surface area contributed by atoms with Crippen LogP contribution in [0.25, 0.3) is 0 Å². The van der Waals surface area contributed by atoms with E-state index in [1.165, 1.54) is 12.3 Å². The van der Waals surface area contributed by atoms with Crippen LogP contribution in [0.2, 0.25) is 0 Å². The average Bonchev–Trinajstić information content (AvgIpc) is 2.16. The molecule has 1 aromatic heterocycles. The Morgan fingerprint density at radius 2 is 2.19 bits per heavy atom. The van der Waals surface area contributed by atoms with Crippen LogP contribution in [0.15, 0.2) is 17.1 Å². The van der Waals surface area contributed by atoms with Crippen LogP contribution in [0.3, 0.4) is 0 Å². The van der Waals surface area contributed by atoms with Gasteiger partial charge >= 0.3 is 5.97 Å². The molecule has 1 aromatic rings. The molecule has 0 spiro atoms. The van der Waals surface area contributed by atoms with Gasteiger partial charge in [0.1, 0.15) is 5.56 Å².